The quantitative estimate of drug-likeness (QED) is 0.894. The summed E-state index contributed by atoms with van der Waals surface area (Å²) in [7, 11) is 1.76. The number of aromatic hydroxyl groups is 1. The molecule has 0 aliphatic carbocycles. The van der Waals surface area contributed by atoms with Crippen molar-refractivity contribution in [3.63, 3.8) is 0 Å². The Morgan fingerprint density at radius 2 is 2.32 bits per heavy atom. The minimum Gasteiger partial charge on any atom is -0.508 e. The number of nitrogens with one attached hydrogen (secondary N) is 1. The lowest BCUT2D eigenvalue weighted by molar-refractivity contribution is 0.0775. The summed E-state index contributed by atoms with van der Waals surface area (Å²) < 4.78 is 0. The molecule has 1 fully saturated rings. The van der Waals surface area contributed by atoms with Gasteiger partial charge < -0.3 is 15.3 Å². The van der Waals surface area contributed by atoms with Crippen molar-refractivity contribution in [2.45, 2.75) is 25.3 Å². The Morgan fingerprint density at radius 3 is 3.00 bits per heavy atom. The second-order valence-corrected chi connectivity index (χ2v) is 5.40. The maximum Gasteiger partial charge on any atom is 0.255 e. The van der Waals surface area contributed by atoms with Crippen LogP contribution in [-0.2, 0) is 0 Å². The number of carbonyl (C=O) groups is 1. The van der Waals surface area contributed by atoms with E-state index < -0.39 is 0 Å². The normalized spacial score (nSPS) is 19.2. The van der Waals surface area contributed by atoms with Crippen LogP contribution in [0.5, 0.6) is 5.75 Å². The molecule has 1 atom stereocenters. The summed E-state index contributed by atoms with van der Waals surface area (Å²) in [4.78, 5) is 14.0. The molecular weight excluding hydrogens is 264 g/mol. The van der Waals surface area contributed by atoms with Crippen LogP contribution in [0.15, 0.2) is 18.2 Å². The van der Waals surface area contributed by atoms with E-state index in [0.29, 0.717) is 23.2 Å². The van der Waals surface area contributed by atoms with Crippen molar-refractivity contribution in [3.8, 4) is 5.75 Å². The van der Waals surface area contributed by atoms with Gasteiger partial charge in [-0.1, -0.05) is 18.0 Å². The molecule has 5 heteroatoms. The maximum atomic E-state index is 12.3. The van der Waals surface area contributed by atoms with Crippen LogP contribution in [0.1, 0.15) is 29.6 Å². The Bertz CT molecular complexity index is 459. The fourth-order valence-electron chi connectivity index (χ4n) is 2.38. The highest BCUT2D eigenvalue weighted by atomic mass is 35.5. The monoisotopic (exact) mass is 282 g/mol. The van der Waals surface area contributed by atoms with E-state index in [1.54, 1.807) is 11.9 Å². The fourth-order valence-corrected chi connectivity index (χ4v) is 2.57. The SMILES string of the molecule is CN(CC1CCCCN1)C(=O)c1cc(O)ccc1Cl. The van der Waals surface area contributed by atoms with Crippen LogP contribution in [0, 0.1) is 0 Å². The van der Waals surface area contributed by atoms with Crippen LogP contribution < -0.4 is 5.32 Å². The number of halogens is 1. The number of hydrogen-bond donors (Lipinski definition) is 2. The highest BCUT2D eigenvalue weighted by Gasteiger charge is 2.20. The van der Waals surface area contributed by atoms with Crippen molar-refractivity contribution in [1.82, 2.24) is 10.2 Å². The maximum absolute atomic E-state index is 12.3. The number of phenolic OH excluding ortho intramolecular Hbond substituents is 1. The predicted octanol–water partition coefficient (Wildman–Crippen LogP) is 2.26. The summed E-state index contributed by atoms with van der Waals surface area (Å²) in [6.07, 6.45) is 3.49. The van der Waals surface area contributed by atoms with E-state index in [1.807, 2.05) is 0 Å². The number of hydrogen-bond acceptors (Lipinski definition) is 3. The standard InChI is InChI=1S/C14H19ClN2O2/c1-17(9-10-4-2-3-7-16-10)14(19)12-8-11(18)5-6-13(12)15/h5-6,8,10,16,18H,2-4,7,9H2,1H3. The van der Waals surface area contributed by atoms with E-state index in [4.69, 9.17) is 11.6 Å². The van der Waals surface area contributed by atoms with E-state index in [-0.39, 0.29) is 11.7 Å². The first kappa shape index (κ1) is 14.2. The summed E-state index contributed by atoms with van der Waals surface area (Å²) >= 11 is 6.00. The average Bonchev–Trinajstić information content (AvgIpc) is 2.42. The Kier molecular flexibility index (Phi) is 4.66. The number of phenols is 1. The molecule has 0 bridgehead atoms. The van der Waals surface area contributed by atoms with Gasteiger partial charge in [-0.25, -0.2) is 0 Å². The van der Waals surface area contributed by atoms with Gasteiger partial charge in [0.25, 0.3) is 5.91 Å². The van der Waals surface area contributed by atoms with Crippen molar-refractivity contribution >= 4 is 17.5 Å². The van der Waals surface area contributed by atoms with Gasteiger partial charge in [-0.15, -0.1) is 0 Å². The zero-order valence-electron chi connectivity index (χ0n) is 11.0. The fraction of sp³-hybridized carbons (Fsp3) is 0.500. The van der Waals surface area contributed by atoms with Crippen molar-refractivity contribution in [3.05, 3.63) is 28.8 Å². The first-order chi connectivity index (χ1) is 9.08. The van der Waals surface area contributed by atoms with Crippen LogP contribution in [0.3, 0.4) is 0 Å². The number of benzene rings is 1. The molecule has 0 spiro atoms. The summed E-state index contributed by atoms with van der Waals surface area (Å²) in [6, 6.07) is 4.77. The highest BCUT2D eigenvalue weighted by Crippen LogP contribution is 2.22. The molecule has 1 aliphatic heterocycles. The van der Waals surface area contributed by atoms with Crippen LogP contribution in [0.2, 0.25) is 5.02 Å². The first-order valence-corrected chi connectivity index (χ1v) is 6.93. The molecule has 1 unspecified atom stereocenters. The van der Waals surface area contributed by atoms with Crippen LogP contribution >= 0.6 is 11.6 Å². The number of amides is 1. The second kappa shape index (κ2) is 6.26. The van der Waals surface area contributed by atoms with E-state index in [0.717, 1.165) is 13.0 Å². The lowest BCUT2D eigenvalue weighted by atomic mass is 10.0. The van der Waals surface area contributed by atoms with Gasteiger partial charge in [0.15, 0.2) is 0 Å². The van der Waals surface area contributed by atoms with Crippen molar-refractivity contribution in [2.75, 3.05) is 20.1 Å². The van der Waals surface area contributed by atoms with Gasteiger partial charge in [-0.2, -0.15) is 0 Å². The molecule has 1 amide bonds. The molecule has 0 radical (unpaired) electrons. The molecule has 0 saturated carbocycles. The molecule has 2 N–H and O–H groups in total. The first-order valence-electron chi connectivity index (χ1n) is 6.55. The average molecular weight is 283 g/mol. The Balaban J connectivity index is 2.03. The zero-order valence-corrected chi connectivity index (χ0v) is 11.8. The molecular formula is C14H19ClN2O2. The van der Waals surface area contributed by atoms with E-state index >= 15 is 0 Å². The van der Waals surface area contributed by atoms with Gasteiger partial charge >= 0.3 is 0 Å². The number of rotatable bonds is 3. The summed E-state index contributed by atoms with van der Waals surface area (Å²) in [5.74, 6) is -0.106. The summed E-state index contributed by atoms with van der Waals surface area (Å²) in [5.41, 5.74) is 0.347. The second-order valence-electron chi connectivity index (χ2n) is 5.00. The third kappa shape index (κ3) is 3.61. The third-order valence-corrected chi connectivity index (χ3v) is 3.76. The smallest absolute Gasteiger partial charge is 0.255 e. The van der Waals surface area contributed by atoms with Gasteiger partial charge in [0, 0.05) is 19.6 Å². The van der Waals surface area contributed by atoms with Crippen molar-refractivity contribution in [2.24, 2.45) is 0 Å². The van der Waals surface area contributed by atoms with Crippen LogP contribution in [0.25, 0.3) is 0 Å². The summed E-state index contributed by atoms with van der Waals surface area (Å²) in [6.45, 7) is 1.67. The molecule has 1 saturated heterocycles. The lowest BCUT2D eigenvalue weighted by Crippen LogP contribution is -2.44. The molecule has 1 aromatic rings. The topological polar surface area (TPSA) is 52.6 Å². The molecule has 4 nitrogen and oxygen atoms in total. The van der Waals surface area contributed by atoms with E-state index in [2.05, 4.69) is 5.32 Å². The van der Waals surface area contributed by atoms with Crippen molar-refractivity contribution in [1.29, 1.82) is 0 Å². The largest absolute Gasteiger partial charge is 0.508 e. The van der Waals surface area contributed by atoms with Gasteiger partial charge in [0.2, 0.25) is 0 Å². The van der Waals surface area contributed by atoms with E-state index in [9.17, 15) is 9.90 Å². The Labute approximate surface area is 118 Å². The molecule has 104 valence electrons. The van der Waals surface area contributed by atoms with Crippen LogP contribution in [0.4, 0.5) is 0 Å². The van der Waals surface area contributed by atoms with E-state index in [1.165, 1.54) is 31.0 Å². The van der Waals surface area contributed by atoms with Gasteiger partial charge in [0.05, 0.1) is 10.6 Å². The van der Waals surface area contributed by atoms with Crippen molar-refractivity contribution < 1.29 is 9.90 Å². The summed E-state index contributed by atoms with van der Waals surface area (Å²) in [5, 5.41) is 13.2. The molecule has 1 aliphatic rings. The molecule has 0 aromatic heterocycles. The zero-order chi connectivity index (χ0) is 13.8. The highest BCUT2D eigenvalue weighted by molar-refractivity contribution is 6.33. The number of likely N-dealkylation sites (N-methyl/N-ethyl adjacent to an activating group) is 1. The number of piperidine rings is 1. The molecule has 19 heavy (non-hydrogen) atoms. The van der Waals surface area contributed by atoms with Gasteiger partial charge in [-0.05, 0) is 37.6 Å². The van der Waals surface area contributed by atoms with Crippen LogP contribution in [-0.4, -0.2) is 42.1 Å². The molecule has 1 aromatic carbocycles. The minimum atomic E-state index is -0.159. The third-order valence-electron chi connectivity index (χ3n) is 3.43. The predicted molar refractivity (Wildman–Crippen MR) is 75.7 cm³/mol. The molecule has 1 heterocycles. The number of nitrogens with zero attached hydrogens (tertiary/aromatic N) is 1. The molecule has 2 rings (SSSR count). The van der Waals surface area contributed by atoms with Gasteiger partial charge in [0.1, 0.15) is 5.75 Å². The minimum absolute atomic E-state index is 0.0527. The Morgan fingerprint density at radius 1 is 1.53 bits per heavy atom. The lowest BCUT2D eigenvalue weighted by Gasteiger charge is -2.28. The number of carbonyl (C=O) groups excluding carboxylic acids is 1. The Hall–Kier alpha value is -1.26. The van der Waals surface area contributed by atoms with Gasteiger partial charge in [-0.3, -0.25) is 4.79 Å².